The maximum absolute atomic E-state index is 13.6. The van der Waals surface area contributed by atoms with E-state index in [1.807, 2.05) is 36.2 Å². The lowest BCUT2D eigenvalue weighted by atomic mass is 9.94. The predicted molar refractivity (Wildman–Crippen MR) is 108 cm³/mol. The first-order valence-corrected chi connectivity index (χ1v) is 9.78. The molecule has 0 saturated carbocycles. The monoisotopic (exact) mass is 359 g/mol. The Morgan fingerprint density at radius 3 is 2.89 bits per heavy atom. The summed E-state index contributed by atoms with van der Waals surface area (Å²) in [5.74, 6) is 0.104. The van der Waals surface area contributed by atoms with Gasteiger partial charge in [-0.15, -0.1) is 0 Å². The summed E-state index contributed by atoms with van der Waals surface area (Å²) >= 11 is 0. The summed E-state index contributed by atoms with van der Waals surface area (Å²) in [6.45, 7) is 4.88. The number of benzene rings is 1. The van der Waals surface area contributed by atoms with Crippen LogP contribution in [0.5, 0.6) is 0 Å². The number of rotatable bonds is 3. The third-order valence-corrected chi connectivity index (χ3v) is 5.47. The number of amides is 1. The van der Waals surface area contributed by atoms with Gasteiger partial charge in [0.2, 0.25) is 0 Å². The van der Waals surface area contributed by atoms with Gasteiger partial charge < -0.3 is 4.90 Å². The average molecular weight is 359 g/mol. The van der Waals surface area contributed by atoms with Crippen molar-refractivity contribution in [3.8, 4) is 0 Å². The Morgan fingerprint density at radius 1 is 1.22 bits per heavy atom. The molecule has 0 N–H and O–H groups in total. The molecule has 4 nitrogen and oxygen atoms in total. The minimum atomic E-state index is 0.0952. The van der Waals surface area contributed by atoms with Gasteiger partial charge >= 0.3 is 0 Å². The first kappa shape index (κ1) is 17.7. The van der Waals surface area contributed by atoms with E-state index in [9.17, 15) is 4.79 Å². The Kier molecular flexibility index (Phi) is 4.88. The molecule has 0 radical (unpaired) electrons. The standard InChI is InChI=1S/C23H25N3O/c1-3-17-9-10-21-19(14-17)20(13-16(2)25-21)23(27)26-12-5-4-8-22(26)18-7-6-11-24-15-18/h6-7,9-11,13-15,22H,3-5,8,12H2,1-2H3/t22-/m0/s1. The van der Waals surface area contributed by atoms with Crippen LogP contribution in [0.25, 0.3) is 10.9 Å². The summed E-state index contributed by atoms with van der Waals surface area (Å²) in [6, 6.07) is 12.3. The third-order valence-electron chi connectivity index (χ3n) is 5.47. The molecule has 3 heterocycles. The largest absolute Gasteiger partial charge is 0.332 e. The lowest BCUT2D eigenvalue weighted by Crippen LogP contribution is -2.38. The number of likely N-dealkylation sites (tertiary alicyclic amines) is 1. The zero-order valence-electron chi connectivity index (χ0n) is 16.0. The van der Waals surface area contributed by atoms with E-state index in [0.29, 0.717) is 0 Å². The molecule has 1 aliphatic heterocycles. The van der Waals surface area contributed by atoms with Gasteiger partial charge in [-0.1, -0.05) is 19.1 Å². The van der Waals surface area contributed by atoms with Crippen molar-refractivity contribution in [3.63, 3.8) is 0 Å². The van der Waals surface area contributed by atoms with Crippen LogP contribution in [0.1, 0.15) is 59.4 Å². The van der Waals surface area contributed by atoms with Gasteiger partial charge in [-0.3, -0.25) is 14.8 Å². The smallest absolute Gasteiger partial charge is 0.255 e. The minimum absolute atomic E-state index is 0.0952. The van der Waals surface area contributed by atoms with Gasteiger partial charge in [0.15, 0.2) is 0 Å². The van der Waals surface area contributed by atoms with E-state index < -0.39 is 0 Å². The lowest BCUT2D eigenvalue weighted by molar-refractivity contribution is 0.0613. The van der Waals surface area contributed by atoms with Crippen LogP contribution in [0.3, 0.4) is 0 Å². The summed E-state index contributed by atoms with van der Waals surface area (Å²) in [6.07, 6.45) is 7.79. The minimum Gasteiger partial charge on any atom is -0.332 e. The highest BCUT2D eigenvalue weighted by Gasteiger charge is 2.30. The van der Waals surface area contributed by atoms with Gasteiger partial charge in [0.1, 0.15) is 0 Å². The number of hydrogen-bond acceptors (Lipinski definition) is 3. The molecule has 1 saturated heterocycles. The maximum Gasteiger partial charge on any atom is 0.255 e. The second kappa shape index (κ2) is 7.47. The summed E-state index contributed by atoms with van der Waals surface area (Å²) in [7, 11) is 0. The highest BCUT2D eigenvalue weighted by Crippen LogP contribution is 2.33. The molecule has 4 rings (SSSR count). The van der Waals surface area contributed by atoms with E-state index in [0.717, 1.165) is 60.0 Å². The van der Waals surface area contributed by atoms with E-state index in [2.05, 4.69) is 35.1 Å². The Hall–Kier alpha value is -2.75. The zero-order chi connectivity index (χ0) is 18.8. The number of aromatic nitrogens is 2. The SMILES string of the molecule is CCc1ccc2nc(C)cc(C(=O)N3CCCC[C@H]3c3cccnc3)c2c1. The van der Waals surface area contributed by atoms with Crippen LogP contribution in [0.2, 0.25) is 0 Å². The molecule has 0 aliphatic carbocycles. The van der Waals surface area contributed by atoms with Crippen molar-refractivity contribution < 1.29 is 4.79 Å². The molecule has 3 aromatic rings. The number of carbonyl (C=O) groups excluding carboxylic acids is 1. The maximum atomic E-state index is 13.6. The summed E-state index contributed by atoms with van der Waals surface area (Å²) in [5.41, 5.74) is 4.89. The highest BCUT2D eigenvalue weighted by atomic mass is 16.2. The fraction of sp³-hybridized carbons (Fsp3) is 0.348. The topological polar surface area (TPSA) is 46.1 Å². The average Bonchev–Trinajstić information content (AvgIpc) is 2.73. The van der Waals surface area contributed by atoms with Gasteiger partial charge in [0, 0.05) is 30.0 Å². The van der Waals surface area contributed by atoms with Crippen molar-refractivity contribution in [2.75, 3.05) is 6.54 Å². The molecule has 1 aromatic carbocycles. The lowest BCUT2D eigenvalue weighted by Gasteiger charge is -2.36. The van der Waals surface area contributed by atoms with Crippen molar-refractivity contribution >= 4 is 16.8 Å². The molecule has 0 unspecified atom stereocenters. The summed E-state index contributed by atoms with van der Waals surface area (Å²) in [5, 5.41) is 0.959. The number of nitrogens with zero attached hydrogens (tertiary/aromatic N) is 3. The molecule has 1 fully saturated rings. The van der Waals surface area contributed by atoms with E-state index >= 15 is 0 Å². The molecule has 27 heavy (non-hydrogen) atoms. The number of fused-ring (bicyclic) bond motifs is 1. The fourth-order valence-electron chi connectivity index (χ4n) is 4.05. The van der Waals surface area contributed by atoms with Gasteiger partial charge in [0.05, 0.1) is 17.1 Å². The van der Waals surface area contributed by atoms with Gasteiger partial charge in [-0.2, -0.15) is 0 Å². The molecule has 138 valence electrons. The molecule has 0 spiro atoms. The normalized spacial score (nSPS) is 17.3. The van der Waals surface area contributed by atoms with Gasteiger partial charge in [0.25, 0.3) is 5.91 Å². The number of pyridine rings is 2. The van der Waals surface area contributed by atoms with Crippen LogP contribution < -0.4 is 0 Å². The van der Waals surface area contributed by atoms with Gasteiger partial charge in [-0.05, 0) is 68.0 Å². The summed E-state index contributed by atoms with van der Waals surface area (Å²) in [4.78, 5) is 24.6. The highest BCUT2D eigenvalue weighted by molar-refractivity contribution is 6.06. The second-order valence-electron chi connectivity index (χ2n) is 7.31. The molecule has 1 amide bonds. The molecule has 4 heteroatoms. The van der Waals surface area contributed by atoms with Crippen molar-refractivity contribution in [2.45, 2.75) is 45.6 Å². The molecular formula is C23H25N3O. The first-order valence-electron chi connectivity index (χ1n) is 9.78. The van der Waals surface area contributed by atoms with Crippen molar-refractivity contribution in [2.24, 2.45) is 0 Å². The Balaban J connectivity index is 1.79. The summed E-state index contributed by atoms with van der Waals surface area (Å²) < 4.78 is 0. The quantitative estimate of drug-likeness (QED) is 0.670. The van der Waals surface area contributed by atoms with Crippen molar-refractivity contribution in [3.05, 3.63) is 71.2 Å². The van der Waals surface area contributed by atoms with Crippen LogP contribution in [0.15, 0.2) is 48.8 Å². The second-order valence-corrected chi connectivity index (χ2v) is 7.31. The van der Waals surface area contributed by atoms with Crippen molar-refractivity contribution in [1.29, 1.82) is 0 Å². The first-order chi connectivity index (χ1) is 13.2. The fourth-order valence-corrected chi connectivity index (χ4v) is 4.05. The Labute approximate surface area is 160 Å². The van der Waals surface area contributed by atoms with Crippen molar-refractivity contribution in [1.82, 2.24) is 14.9 Å². The number of piperidine rings is 1. The number of aryl methyl sites for hydroxylation is 2. The number of hydrogen-bond donors (Lipinski definition) is 0. The van der Waals surface area contributed by atoms with Crippen LogP contribution in [-0.4, -0.2) is 27.3 Å². The van der Waals surface area contributed by atoms with E-state index in [4.69, 9.17) is 0 Å². The molecule has 1 aliphatic rings. The molecule has 0 bridgehead atoms. The van der Waals surface area contributed by atoms with Gasteiger partial charge in [-0.25, -0.2) is 0 Å². The molecule has 2 aromatic heterocycles. The van der Waals surface area contributed by atoms with Crippen LogP contribution in [-0.2, 0) is 6.42 Å². The van der Waals surface area contributed by atoms with Crippen LogP contribution >= 0.6 is 0 Å². The zero-order valence-corrected chi connectivity index (χ0v) is 16.0. The Bertz CT molecular complexity index is 968. The molecular weight excluding hydrogens is 334 g/mol. The Morgan fingerprint density at radius 2 is 2.11 bits per heavy atom. The third kappa shape index (κ3) is 3.44. The predicted octanol–water partition coefficient (Wildman–Crippen LogP) is 4.87. The van der Waals surface area contributed by atoms with E-state index in [1.165, 1.54) is 5.56 Å². The van der Waals surface area contributed by atoms with E-state index in [-0.39, 0.29) is 11.9 Å². The van der Waals surface area contributed by atoms with Crippen LogP contribution in [0.4, 0.5) is 0 Å². The molecule has 1 atom stereocenters. The van der Waals surface area contributed by atoms with Crippen LogP contribution in [0, 0.1) is 6.92 Å². The number of carbonyl (C=O) groups is 1. The van der Waals surface area contributed by atoms with E-state index in [1.54, 1.807) is 6.20 Å².